The molecule has 4 aromatic rings. The average Bonchev–Trinajstić information content (AvgIpc) is 4.28. The second kappa shape index (κ2) is 29.2. The molecule has 2 heterocycles. The summed E-state index contributed by atoms with van der Waals surface area (Å²) in [7, 11) is 0. The maximum Gasteiger partial charge on any atom is 0.343 e. The Balaban J connectivity index is 0.947. The van der Waals surface area contributed by atoms with Gasteiger partial charge in [0.25, 0.3) is 0 Å². The fraction of sp³-hybridized carbons (Fsp3) is 0.379. The van der Waals surface area contributed by atoms with E-state index < -0.39 is 59.6 Å². The number of rotatable bonds is 29. The summed E-state index contributed by atoms with van der Waals surface area (Å²) in [5.74, 6) is -6.29. The Kier molecular flexibility index (Phi) is 21.5. The molecule has 0 radical (unpaired) electrons. The summed E-state index contributed by atoms with van der Waals surface area (Å²) in [5, 5.41) is 0. The summed E-state index contributed by atoms with van der Waals surface area (Å²) in [6.45, 7) is 8.95. The Labute approximate surface area is 449 Å². The molecule has 20 nitrogen and oxygen atoms in total. The van der Waals surface area contributed by atoms with Crippen LogP contribution in [0.15, 0.2) is 110 Å². The second-order valence-corrected chi connectivity index (χ2v) is 18.1. The van der Waals surface area contributed by atoms with Crippen LogP contribution in [0, 0.1) is 11.8 Å². The van der Waals surface area contributed by atoms with E-state index in [-0.39, 0.29) is 110 Å². The quantitative estimate of drug-likeness (QED) is 0.0124. The van der Waals surface area contributed by atoms with Gasteiger partial charge >= 0.3 is 47.8 Å². The third kappa shape index (κ3) is 17.9. The minimum atomic E-state index is -0.872. The lowest BCUT2D eigenvalue weighted by Crippen LogP contribution is -2.32. The number of hydrogen-bond donors (Lipinski definition) is 0. The summed E-state index contributed by atoms with van der Waals surface area (Å²) >= 11 is 0. The molecule has 0 amide bonds. The molecule has 0 bridgehead atoms. The molecule has 7 rings (SSSR count). The zero-order valence-electron chi connectivity index (χ0n) is 42.9. The Morgan fingerprint density at radius 2 is 0.872 bits per heavy atom. The molecular weight excluding hydrogens is 1020 g/mol. The van der Waals surface area contributed by atoms with E-state index >= 15 is 0 Å². The van der Waals surface area contributed by atoms with Gasteiger partial charge in [-0.2, -0.15) is 0 Å². The molecule has 78 heavy (non-hydrogen) atoms. The number of carbonyl (C=O) groups excluding carboxylic acids is 8. The molecule has 2 saturated heterocycles. The molecule has 0 aromatic heterocycles. The van der Waals surface area contributed by atoms with E-state index in [0.717, 1.165) is 25.0 Å². The van der Waals surface area contributed by atoms with Gasteiger partial charge in [-0.3, -0.25) is 9.59 Å². The zero-order valence-corrected chi connectivity index (χ0v) is 42.9. The number of benzene rings is 4. The minimum absolute atomic E-state index is 0.0250. The normalized spacial score (nSPS) is 17.1. The third-order valence-electron chi connectivity index (χ3n) is 12.5. The first-order valence-electron chi connectivity index (χ1n) is 25.6. The van der Waals surface area contributed by atoms with Crippen molar-refractivity contribution in [3.05, 3.63) is 132 Å². The van der Waals surface area contributed by atoms with Crippen LogP contribution in [0.4, 0.5) is 0 Å². The van der Waals surface area contributed by atoms with Crippen LogP contribution in [0.25, 0.3) is 0 Å². The van der Waals surface area contributed by atoms with Crippen LogP contribution in [-0.2, 0) is 47.6 Å². The van der Waals surface area contributed by atoms with Gasteiger partial charge in [-0.05, 0) is 136 Å². The average molecular weight is 1080 g/mol. The van der Waals surface area contributed by atoms with Crippen molar-refractivity contribution in [3.8, 4) is 34.5 Å². The van der Waals surface area contributed by atoms with E-state index in [1.807, 2.05) is 0 Å². The molecule has 3 aliphatic rings. The second-order valence-electron chi connectivity index (χ2n) is 18.1. The van der Waals surface area contributed by atoms with Crippen LogP contribution >= 0.6 is 0 Å². The number of unbranched alkanes of at least 4 members (excludes halogenated alkanes) is 2. The Hall–Kier alpha value is -8.36. The molecule has 2 atom stereocenters. The minimum Gasteiger partial charge on any atom is -0.493 e. The molecule has 1 aliphatic carbocycles. The first-order chi connectivity index (χ1) is 37.8. The van der Waals surface area contributed by atoms with Crippen LogP contribution in [0.5, 0.6) is 34.5 Å². The van der Waals surface area contributed by atoms with Crippen molar-refractivity contribution in [1.82, 2.24) is 0 Å². The van der Waals surface area contributed by atoms with Crippen molar-refractivity contribution in [2.75, 3.05) is 52.9 Å². The summed E-state index contributed by atoms with van der Waals surface area (Å²) in [6, 6.07) is 20.4. The van der Waals surface area contributed by atoms with Gasteiger partial charge in [0.1, 0.15) is 52.2 Å². The van der Waals surface area contributed by atoms with Crippen molar-refractivity contribution < 1.29 is 95.2 Å². The van der Waals surface area contributed by atoms with E-state index in [4.69, 9.17) is 56.8 Å². The lowest BCUT2D eigenvalue weighted by molar-refractivity contribution is -0.145. The van der Waals surface area contributed by atoms with Gasteiger partial charge in [0.2, 0.25) is 0 Å². The number of esters is 8. The van der Waals surface area contributed by atoms with E-state index in [9.17, 15) is 38.4 Å². The third-order valence-corrected chi connectivity index (χ3v) is 12.5. The van der Waals surface area contributed by atoms with Crippen molar-refractivity contribution >= 4 is 47.8 Å². The van der Waals surface area contributed by atoms with Crippen molar-refractivity contribution in [3.63, 3.8) is 0 Å². The molecule has 2 aliphatic heterocycles. The van der Waals surface area contributed by atoms with Gasteiger partial charge in [-0.1, -0.05) is 13.2 Å². The van der Waals surface area contributed by atoms with Crippen LogP contribution in [-0.4, -0.2) is 113 Å². The Morgan fingerprint density at radius 3 is 1.27 bits per heavy atom. The number of epoxide rings is 1. The molecule has 20 heteroatoms. The van der Waals surface area contributed by atoms with Crippen LogP contribution < -0.4 is 28.4 Å². The molecule has 412 valence electrons. The largest absolute Gasteiger partial charge is 0.493 e. The molecular formula is C58H60O20. The number of ether oxygens (including phenoxy) is 12. The van der Waals surface area contributed by atoms with E-state index in [0.29, 0.717) is 63.6 Å². The standard InChI is InChI=1S/C58H60O20/c1-3-51(59)69-27-5-7-29-71-57(65)47-33-43(21-23-49(47)77-55(63)39-13-17-41(18-14-39)67-31-26-46-36-74-46)75-53(61)37-9-11-38(12-10-37)54(62)76-44-22-24-50(48(34-44)58(66)72-30-8-6-28-70-52(60)4-2)78-56(64)40-15-19-42(20-16-40)73-35-45-25-32-68-45/h3-4,13-24,33-34,37-38,45-46H,1-2,5-12,25-32,35-36H2. The van der Waals surface area contributed by atoms with Crippen LogP contribution in [0.3, 0.4) is 0 Å². The summed E-state index contributed by atoms with van der Waals surface area (Å²) < 4.78 is 65.6. The lowest BCUT2D eigenvalue weighted by Gasteiger charge is -2.26. The summed E-state index contributed by atoms with van der Waals surface area (Å²) in [5.41, 5.74) is -0.0524. The van der Waals surface area contributed by atoms with Crippen molar-refractivity contribution in [2.24, 2.45) is 11.8 Å². The highest BCUT2D eigenvalue weighted by Gasteiger charge is 2.33. The van der Waals surface area contributed by atoms with Gasteiger partial charge in [0.05, 0.1) is 74.8 Å². The van der Waals surface area contributed by atoms with Crippen molar-refractivity contribution in [1.29, 1.82) is 0 Å². The van der Waals surface area contributed by atoms with Gasteiger partial charge in [-0.25, -0.2) is 28.8 Å². The maximum atomic E-state index is 13.6. The monoisotopic (exact) mass is 1080 g/mol. The predicted octanol–water partition coefficient (Wildman–Crippen LogP) is 8.11. The molecule has 0 spiro atoms. The summed E-state index contributed by atoms with van der Waals surface area (Å²) in [4.78, 5) is 103. The zero-order chi connectivity index (χ0) is 55.2. The van der Waals surface area contributed by atoms with Gasteiger partial charge in [-0.15, -0.1) is 0 Å². The fourth-order valence-electron chi connectivity index (χ4n) is 7.80. The SMILES string of the molecule is C=CC(=O)OCCCCOC(=O)c1cc(OC(=O)C2CCC(C(=O)Oc3ccc(OC(=O)c4ccc(OCC5CCO5)cc4)c(C(=O)OCCCCOC(=O)C=C)c3)CC2)ccc1OC(=O)c1ccc(OCCC2CO2)cc1. The highest BCUT2D eigenvalue weighted by Crippen LogP contribution is 2.34. The van der Waals surface area contributed by atoms with Crippen molar-refractivity contribution in [2.45, 2.75) is 76.4 Å². The lowest BCUT2D eigenvalue weighted by atomic mass is 9.82. The fourth-order valence-corrected chi connectivity index (χ4v) is 7.80. The van der Waals surface area contributed by atoms with E-state index in [1.54, 1.807) is 24.3 Å². The highest BCUT2D eigenvalue weighted by atomic mass is 16.6. The topological polar surface area (TPSA) is 251 Å². The Morgan fingerprint density at radius 1 is 0.462 bits per heavy atom. The van der Waals surface area contributed by atoms with Crippen LogP contribution in [0.2, 0.25) is 0 Å². The Bertz CT molecular complexity index is 2770. The van der Waals surface area contributed by atoms with Gasteiger partial charge in [0, 0.05) is 31.6 Å². The number of carbonyl (C=O) groups is 8. The first kappa shape index (κ1) is 57.3. The molecule has 3 fully saturated rings. The molecule has 2 unspecified atom stereocenters. The smallest absolute Gasteiger partial charge is 0.343 e. The predicted molar refractivity (Wildman–Crippen MR) is 273 cm³/mol. The molecule has 0 N–H and O–H groups in total. The highest BCUT2D eigenvalue weighted by molar-refractivity contribution is 5.98. The first-order valence-corrected chi connectivity index (χ1v) is 25.6. The van der Waals surface area contributed by atoms with Crippen LogP contribution in [0.1, 0.15) is 106 Å². The van der Waals surface area contributed by atoms with Gasteiger partial charge < -0.3 is 56.8 Å². The summed E-state index contributed by atoms with van der Waals surface area (Å²) in [6.07, 6.45) is 6.36. The molecule has 4 aromatic carbocycles. The van der Waals surface area contributed by atoms with Gasteiger partial charge in [0.15, 0.2) is 0 Å². The number of hydrogen-bond acceptors (Lipinski definition) is 20. The molecule has 1 saturated carbocycles. The maximum absolute atomic E-state index is 13.6. The van der Waals surface area contributed by atoms with E-state index in [1.165, 1.54) is 60.7 Å². The van der Waals surface area contributed by atoms with E-state index in [2.05, 4.69) is 13.2 Å².